The number of thiol groups is 1. The van der Waals surface area contributed by atoms with Gasteiger partial charge in [-0.05, 0) is 0 Å². The van der Waals surface area contributed by atoms with Crippen molar-refractivity contribution in [2.45, 2.75) is 6.04 Å². The molecule has 0 rings (SSSR count). The Balaban J connectivity index is 3.65. The summed E-state index contributed by atoms with van der Waals surface area (Å²) in [5.74, 6) is 0.126. The van der Waals surface area contributed by atoms with Crippen LogP contribution in [0.4, 0.5) is 0 Å². The molecule has 0 aliphatic rings. The number of hydrogen-bond donors (Lipinski definition) is 3. The van der Waals surface area contributed by atoms with Gasteiger partial charge in [0, 0.05) is 18.8 Å². The number of methoxy groups -OCH3 is 1. The lowest BCUT2D eigenvalue weighted by atomic mass is 10.3. The highest BCUT2D eigenvalue weighted by Gasteiger charge is 2.15. The van der Waals surface area contributed by atoms with E-state index in [-0.39, 0.29) is 12.0 Å². The minimum atomic E-state index is -0.341. The topological polar surface area (TPSA) is 64.3 Å². The Morgan fingerprint density at radius 2 is 2.45 bits per heavy atom. The number of esters is 1. The molecule has 0 aromatic heterocycles. The van der Waals surface area contributed by atoms with E-state index in [4.69, 9.17) is 5.73 Å². The highest BCUT2D eigenvalue weighted by atomic mass is 32.1. The molecule has 0 bridgehead atoms. The second-order valence-corrected chi connectivity index (χ2v) is 2.37. The molecular formula is C6H14N2O2S. The van der Waals surface area contributed by atoms with Crippen LogP contribution in [0.1, 0.15) is 0 Å². The third-order valence-electron chi connectivity index (χ3n) is 1.20. The maximum atomic E-state index is 10.9. The molecule has 1 atom stereocenters. The molecule has 0 saturated heterocycles. The first-order valence-corrected chi connectivity index (χ1v) is 4.01. The number of carbonyl (C=O) groups excluding carboxylic acids is 1. The van der Waals surface area contributed by atoms with Crippen LogP contribution in [0, 0.1) is 0 Å². The van der Waals surface area contributed by atoms with Gasteiger partial charge in [0.1, 0.15) is 6.04 Å². The second-order valence-electron chi connectivity index (χ2n) is 2.00. The number of hydrogen-bond acceptors (Lipinski definition) is 5. The van der Waals surface area contributed by atoms with E-state index in [1.165, 1.54) is 7.11 Å². The summed E-state index contributed by atoms with van der Waals surface area (Å²) in [4.78, 5) is 10.9. The highest BCUT2D eigenvalue weighted by Crippen LogP contribution is 1.89. The zero-order chi connectivity index (χ0) is 8.69. The first-order valence-electron chi connectivity index (χ1n) is 3.38. The number of nitrogens with one attached hydrogen (secondary N) is 1. The van der Waals surface area contributed by atoms with Crippen molar-refractivity contribution in [3.63, 3.8) is 0 Å². The van der Waals surface area contributed by atoms with Crippen molar-refractivity contribution in [1.82, 2.24) is 5.32 Å². The van der Waals surface area contributed by atoms with Crippen molar-refractivity contribution in [3.05, 3.63) is 0 Å². The van der Waals surface area contributed by atoms with Gasteiger partial charge in [0.15, 0.2) is 0 Å². The molecule has 3 N–H and O–H groups in total. The quantitative estimate of drug-likeness (QED) is 0.373. The predicted molar refractivity (Wildman–Crippen MR) is 46.7 cm³/mol. The molecule has 4 nitrogen and oxygen atoms in total. The summed E-state index contributed by atoms with van der Waals surface area (Å²) in [5.41, 5.74) is 5.23. The SMILES string of the molecule is COC(=O)[C@H](CS)NCCN. The number of nitrogens with two attached hydrogens (primary N) is 1. The van der Waals surface area contributed by atoms with Gasteiger partial charge in [0.25, 0.3) is 0 Å². The van der Waals surface area contributed by atoms with Crippen molar-refractivity contribution in [2.75, 3.05) is 26.0 Å². The lowest BCUT2D eigenvalue weighted by molar-refractivity contribution is -0.142. The van der Waals surface area contributed by atoms with E-state index in [1.54, 1.807) is 0 Å². The Hall–Kier alpha value is -0.260. The van der Waals surface area contributed by atoms with Crippen LogP contribution in [-0.4, -0.2) is 38.0 Å². The van der Waals surface area contributed by atoms with Crippen molar-refractivity contribution in [1.29, 1.82) is 0 Å². The van der Waals surface area contributed by atoms with Crippen LogP contribution in [-0.2, 0) is 9.53 Å². The fraction of sp³-hybridized carbons (Fsp3) is 0.833. The van der Waals surface area contributed by atoms with Gasteiger partial charge in [0.05, 0.1) is 7.11 Å². The number of rotatable bonds is 5. The monoisotopic (exact) mass is 178 g/mol. The lowest BCUT2D eigenvalue weighted by Crippen LogP contribution is -2.41. The summed E-state index contributed by atoms with van der Waals surface area (Å²) in [6.07, 6.45) is 0. The molecular weight excluding hydrogens is 164 g/mol. The minimum absolute atomic E-state index is 0.298. The van der Waals surface area contributed by atoms with Crippen molar-refractivity contribution < 1.29 is 9.53 Å². The predicted octanol–water partition coefficient (Wildman–Crippen LogP) is -0.994. The summed E-state index contributed by atoms with van der Waals surface area (Å²) in [6, 6.07) is -0.341. The van der Waals surface area contributed by atoms with Gasteiger partial charge in [-0.2, -0.15) is 12.6 Å². The van der Waals surface area contributed by atoms with Gasteiger partial charge in [0.2, 0.25) is 0 Å². The molecule has 0 fully saturated rings. The van der Waals surface area contributed by atoms with Crippen LogP contribution in [0.5, 0.6) is 0 Å². The van der Waals surface area contributed by atoms with Gasteiger partial charge in [-0.25, -0.2) is 0 Å². The van der Waals surface area contributed by atoms with Crippen molar-refractivity contribution in [3.8, 4) is 0 Å². The van der Waals surface area contributed by atoms with Crippen LogP contribution in [0.3, 0.4) is 0 Å². The molecule has 0 heterocycles. The van der Waals surface area contributed by atoms with Gasteiger partial charge in [-0.1, -0.05) is 0 Å². The van der Waals surface area contributed by atoms with Crippen molar-refractivity contribution in [2.24, 2.45) is 5.73 Å². The molecule has 0 radical (unpaired) electrons. The largest absolute Gasteiger partial charge is 0.468 e. The molecule has 11 heavy (non-hydrogen) atoms. The standard InChI is InChI=1S/C6H14N2O2S/c1-10-6(9)5(4-11)8-3-2-7/h5,8,11H,2-4,7H2,1H3/t5-/m0/s1. The third kappa shape index (κ3) is 4.23. The van der Waals surface area contributed by atoms with Crippen LogP contribution < -0.4 is 11.1 Å². The van der Waals surface area contributed by atoms with Gasteiger partial charge in [-0.3, -0.25) is 4.79 Å². The van der Waals surface area contributed by atoms with Crippen LogP contribution >= 0.6 is 12.6 Å². The van der Waals surface area contributed by atoms with E-state index in [0.717, 1.165) is 0 Å². The molecule has 0 aromatic carbocycles. The first-order chi connectivity index (χ1) is 5.26. The Bertz CT molecular complexity index is 121. The maximum absolute atomic E-state index is 10.9. The Kier molecular flexibility index (Phi) is 6.30. The number of ether oxygens (including phenoxy) is 1. The molecule has 0 saturated carbocycles. The van der Waals surface area contributed by atoms with E-state index in [0.29, 0.717) is 18.8 Å². The van der Waals surface area contributed by atoms with Gasteiger partial charge < -0.3 is 15.8 Å². The molecule has 0 aromatic rings. The van der Waals surface area contributed by atoms with E-state index in [2.05, 4.69) is 22.7 Å². The zero-order valence-electron chi connectivity index (χ0n) is 6.54. The number of carbonyl (C=O) groups is 1. The zero-order valence-corrected chi connectivity index (χ0v) is 7.43. The van der Waals surface area contributed by atoms with E-state index in [9.17, 15) is 4.79 Å². The van der Waals surface area contributed by atoms with E-state index in [1.807, 2.05) is 0 Å². The van der Waals surface area contributed by atoms with Crippen LogP contribution in [0.2, 0.25) is 0 Å². The van der Waals surface area contributed by atoms with Crippen LogP contribution in [0.25, 0.3) is 0 Å². The maximum Gasteiger partial charge on any atom is 0.323 e. The normalized spacial score (nSPS) is 12.6. The molecule has 5 heteroatoms. The molecule has 0 amide bonds. The highest BCUT2D eigenvalue weighted by molar-refractivity contribution is 7.80. The Morgan fingerprint density at radius 3 is 2.82 bits per heavy atom. The molecule has 0 spiro atoms. The fourth-order valence-electron chi connectivity index (χ4n) is 0.622. The Labute approximate surface area is 71.9 Å². The first kappa shape index (κ1) is 10.7. The molecule has 0 aliphatic carbocycles. The summed E-state index contributed by atoms with van der Waals surface area (Å²) >= 11 is 3.98. The fourth-order valence-corrected chi connectivity index (χ4v) is 0.900. The molecule has 66 valence electrons. The smallest absolute Gasteiger partial charge is 0.323 e. The van der Waals surface area contributed by atoms with E-state index < -0.39 is 0 Å². The summed E-state index contributed by atoms with van der Waals surface area (Å²) < 4.78 is 4.51. The van der Waals surface area contributed by atoms with Crippen molar-refractivity contribution >= 4 is 18.6 Å². The summed E-state index contributed by atoms with van der Waals surface area (Å²) in [5, 5.41) is 2.89. The second kappa shape index (κ2) is 6.45. The summed E-state index contributed by atoms with van der Waals surface area (Å²) in [6.45, 7) is 1.10. The average Bonchev–Trinajstić information content (AvgIpc) is 2.05. The van der Waals surface area contributed by atoms with E-state index >= 15 is 0 Å². The minimum Gasteiger partial charge on any atom is -0.468 e. The summed E-state index contributed by atoms with van der Waals surface area (Å²) in [7, 11) is 1.35. The molecule has 0 unspecified atom stereocenters. The third-order valence-corrected chi connectivity index (χ3v) is 1.57. The molecule has 0 aliphatic heterocycles. The van der Waals surface area contributed by atoms with Crippen LogP contribution in [0.15, 0.2) is 0 Å². The average molecular weight is 178 g/mol. The Morgan fingerprint density at radius 1 is 1.82 bits per heavy atom. The van der Waals surface area contributed by atoms with Gasteiger partial charge in [-0.15, -0.1) is 0 Å². The lowest BCUT2D eigenvalue weighted by Gasteiger charge is -2.12. The van der Waals surface area contributed by atoms with Gasteiger partial charge >= 0.3 is 5.97 Å².